The Labute approximate surface area is 138 Å². The summed E-state index contributed by atoms with van der Waals surface area (Å²) >= 11 is 0. The second-order valence-electron chi connectivity index (χ2n) is 5.85. The Morgan fingerprint density at radius 2 is 2.21 bits per heavy atom. The van der Waals surface area contributed by atoms with Crippen molar-refractivity contribution in [3.8, 4) is 22.8 Å². The average Bonchev–Trinajstić information content (AvgIpc) is 3.21. The van der Waals surface area contributed by atoms with E-state index in [1.54, 1.807) is 16.9 Å². The van der Waals surface area contributed by atoms with Crippen LogP contribution in [0.5, 0.6) is 5.75 Å². The fourth-order valence-electron chi connectivity index (χ4n) is 2.84. The molecule has 2 N–H and O–H groups in total. The van der Waals surface area contributed by atoms with Crippen molar-refractivity contribution in [1.29, 1.82) is 0 Å². The highest BCUT2D eigenvalue weighted by Crippen LogP contribution is 2.35. The number of nitrogens with two attached hydrogens (primary N) is 1. The molecule has 0 bridgehead atoms. The molecular formula is C17H16FN5O. The molecule has 0 spiro atoms. The molecule has 0 saturated carbocycles. The molecule has 3 heterocycles. The van der Waals surface area contributed by atoms with Gasteiger partial charge in [0.1, 0.15) is 12.4 Å². The highest BCUT2D eigenvalue weighted by atomic mass is 19.1. The van der Waals surface area contributed by atoms with Crippen LogP contribution in [0.15, 0.2) is 36.9 Å². The predicted molar refractivity (Wildman–Crippen MR) is 86.5 cm³/mol. The van der Waals surface area contributed by atoms with Gasteiger partial charge in [0, 0.05) is 36.4 Å². The molecule has 6 nitrogen and oxygen atoms in total. The Morgan fingerprint density at radius 3 is 2.96 bits per heavy atom. The van der Waals surface area contributed by atoms with E-state index >= 15 is 0 Å². The second-order valence-corrected chi connectivity index (χ2v) is 5.85. The SMILES string of the molecule is Cc1cnn(-c2cc(-c3cc(F)c4c(c3)C[C@@H](CN)O4)ncn2)c1. The lowest BCUT2D eigenvalue weighted by molar-refractivity contribution is 0.232. The van der Waals surface area contributed by atoms with E-state index < -0.39 is 5.82 Å². The van der Waals surface area contributed by atoms with E-state index in [1.807, 2.05) is 19.2 Å². The molecule has 122 valence electrons. The standard InChI is InChI=1S/C17H16FN5O/c1-10-7-22-23(8-10)16-5-15(20-9-21-16)11-2-12-3-13(6-19)24-17(12)14(18)4-11/h2,4-5,7-9,13H,3,6,19H2,1H3/t13-/m0/s1. The van der Waals surface area contributed by atoms with Crippen molar-refractivity contribution < 1.29 is 9.13 Å². The summed E-state index contributed by atoms with van der Waals surface area (Å²) in [5.74, 6) is 0.532. The van der Waals surface area contributed by atoms with Gasteiger partial charge in [0.25, 0.3) is 0 Å². The number of nitrogens with zero attached hydrogens (tertiary/aromatic N) is 4. The van der Waals surface area contributed by atoms with Crippen LogP contribution in [-0.2, 0) is 6.42 Å². The minimum absolute atomic E-state index is 0.169. The smallest absolute Gasteiger partial charge is 0.166 e. The predicted octanol–water partition coefficient (Wildman–Crippen LogP) is 2.04. The zero-order valence-electron chi connectivity index (χ0n) is 13.1. The van der Waals surface area contributed by atoms with Gasteiger partial charge in [0.05, 0.1) is 11.9 Å². The van der Waals surface area contributed by atoms with E-state index in [0.717, 1.165) is 11.1 Å². The molecule has 7 heteroatoms. The summed E-state index contributed by atoms with van der Waals surface area (Å²) in [6.45, 7) is 2.31. The van der Waals surface area contributed by atoms with Gasteiger partial charge in [-0.05, 0) is 24.6 Å². The Kier molecular flexibility index (Phi) is 3.50. The van der Waals surface area contributed by atoms with Gasteiger partial charge in [0.15, 0.2) is 17.4 Å². The number of hydrogen-bond acceptors (Lipinski definition) is 5. The van der Waals surface area contributed by atoms with Crippen molar-refractivity contribution in [1.82, 2.24) is 19.7 Å². The van der Waals surface area contributed by atoms with Crippen molar-refractivity contribution in [3.63, 3.8) is 0 Å². The van der Waals surface area contributed by atoms with Crippen molar-refractivity contribution in [2.24, 2.45) is 5.73 Å². The summed E-state index contributed by atoms with van der Waals surface area (Å²) in [4.78, 5) is 8.49. The summed E-state index contributed by atoms with van der Waals surface area (Å²) in [7, 11) is 0. The number of benzene rings is 1. The normalized spacial score (nSPS) is 16.0. The number of hydrogen-bond donors (Lipinski definition) is 1. The van der Waals surface area contributed by atoms with E-state index in [4.69, 9.17) is 10.5 Å². The number of halogens is 1. The maximum absolute atomic E-state index is 14.3. The largest absolute Gasteiger partial charge is 0.485 e. The average molecular weight is 325 g/mol. The minimum Gasteiger partial charge on any atom is -0.485 e. The van der Waals surface area contributed by atoms with Crippen molar-refractivity contribution in [2.75, 3.05) is 6.54 Å². The first-order valence-electron chi connectivity index (χ1n) is 7.67. The molecule has 0 unspecified atom stereocenters. The lowest BCUT2D eigenvalue weighted by Gasteiger charge is -2.08. The molecule has 0 amide bonds. The third-order valence-corrected chi connectivity index (χ3v) is 4.01. The van der Waals surface area contributed by atoms with Gasteiger partial charge in [-0.2, -0.15) is 5.10 Å². The Balaban J connectivity index is 1.74. The molecule has 0 radical (unpaired) electrons. The number of aryl methyl sites for hydroxylation is 1. The van der Waals surface area contributed by atoms with Crippen LogP contribution in [0.2, 0.25) is 0 Å². The topological polar surface area (TPSA) is 78.9 Å². The van der Waals surface area contributed by atoms with Crippen LogP contribution in [0.3, 0.4) is 0 Å². The molecule has 3 aromatic rings. The van der Waals surface area contributed by atoms with Crippen LogP contribution in [0.25, 0.3) is 17.1 Å². The van der Waals surface area contributed by atoms with Crippen molar-refractivity contribution >= 4 is 0 Å². The maximum Gasteiger partial charge on any atom is 0.166 e. The van der Waals surface area contributed by atoms with Crippen LogP contribution in [0.1, 0.15) is 11.1 Å². The third kappa shape index (κ3) is 2.52. The van der Waals surface area contributed by atoms with Crippen LogP contribution in [0, 0.1) is 12.7 Å². The summed E-state index contributed by atoms with van der Waals surface area (Å²) in [5.41, 5.74) is 8.78. The Morgan fingerprint density at radius 1 is 1.33 bits per heavy atom. The van der Waals surface area contributed by atoms with Crippen LogP contribution < -0.4 is 10.5 Å². The molecule has 1 aliphatic heterocycles. The van der Waals surface area contributed by atoms with Gasteiger partial charge >= 0.3 is 0 Å². The zero-order chi connectivity index (χ0) is 16.7. The first kappa shape index (κ1) is 14.8. The first-order valence-corrected chi connectivity index (χ1v) is 7.67. The summed E-state index contributed by atoms with van der Waals surface area (Å²) in [6.07, 6.45) is 5.51. The third-order valence-electron chi connectivity index (χ3n) is 4.01. The molecule has 1 aromatic carbocycles. The number of aromatic nitrogens is 4. The van der Waals surface area contributed by atoms with Gasteiger partial charge in [-0.1, -0.05) is 0 Å². The van der Waals surface area contributed by atoms with Gasteiger partial charge in [-0.25, -0.2) is 19.0 Å². The van der Waals surface area contributed by atoms with Crippen LogP contribution in [0.4, 0.5) is 4.39 Å². The number of rotatable bonds is 3. The number of ether oxygens (including phenoxy) is 1. The molecule has 4 rings (SSSR count). The summed E-state index contributed by atoms with van der Waals surface area (Å²) < 4.78 is 21.5. The van der Waals surface area contributed by atoms with Crippen LogP contribution in [-0.4, -0.2) is 32.4 Å². The monoisotopic (exact) mass is 325 g/mol. The van der Waals surface area contributed by atoms with Gasteiger partial charge in [-0.3, -0.25) is 0 Å². The molecule has 24 heavy (non-hydrogen) atoms. The highest BCUT2D eigenvalue weighted by molar-refractivity contribution is 5.64. The van der Waals surface area contributed by atoms with E-state index in [-0.39, 0.29) is 6.10 Å². The minimum atomic E-state index is -0.395. The molecule has 0 fully saturated rings. The van der Waals surface area contributed by atoms with E-state index in [9.17, 15) is 4.39 Å². The molecule has 2 aromatic heterocycles. The quantitative estimate of drug-likeness (QED) is 0.797. The Bertz CT molecular complexity index is 908. The highest BCUT2D eigenvalue weighted by Gasteiger charge is 2.26. The van der Waals surface area contributed by atoms with Crippen molar-refractivity contribution in [2.45, 2.75) is 19.4 Å². The second kappa shape index (κ2) is 5.68. The Hall–Kier alpha value is -2.80. The zero-order valence-corrected chi connectivity index (χ0v) is 13.1. The van der Waals surface area contributed by atoms with Gasteiger partial charge < -0.3 is 10.5 Å². The fraction of sp³-hybridized carbons (Fsp3) is 0.235. The van der Waals surface area contributed by atoms with Gasteiger partial charge in [0.2, 0.25) is 0 Å². The fourth-order valence-corrected chi connectivity index (χ4v) is 2.84. The lowest BCUT2D eigenvalue weighted by atomic mass is 10.0. The lowest BCUT2D eigenvalue weighted by Crippen LogP contribution is -2.24. The van der Waals surface area contributed by atoms with Gasteiger partial charge in [-0.15, -0.1) is 0 Å². The molecule has 0 aliphatic carbocycles. The summed E-state index contributed by atoms with van der Waals surface area (Å²) in [6, 6.07) is 5.11. The maximum atomic E-state index is 14.3. The van der Waals surface area contributed by atoms with E-state index in [0.29, 0.717) is 35.8 Å². The molecule has 0 saturated heterocycles. The number of fused-ring (bicyclic) bond motifs is 1. The molecule has 1 aliphatic rings. The van der Waals surface area contributed by atoms with Crippen LogP contribution >= 0.6 is 0 Å². The molecular weight excluding hydrogens is 309 g/mol. The van der Waals surface area contributed by atoms with Crippen molar-refractivity contribution in [3.05, 3.63) is 53.9 Å². The van der Waals surface area contributed by atoms with E-state index in [1.165, 1.54) is 12.4 Å². The summed E-state index contributed by atoms with van der Waals surface area (Å²) in [5, 5.41) is 4.24. The molecule has 1 atom stereocenters. The first-order chi connectivity index (χ1) is 11.6. The van der Waals surface area contributed by atoms with E-state index in [2.05, 4.69) is 15.1 Å².